The molecule has 3 rings (SSSR count). The Morgan fingerprint density at radius 3 is 2.78 bits per heavy atom. The van der Waals surface area contributed by atoms with Crippen LogP contribution in [0, 0.1) is 0 Å². The molecule has 2 heterocycles. The van der Waals surface area contributed by atoms with Gasteiger partial charge in [0.25, 0.3) is 11.8 Å². The first-order valence-electron chi connectivity index (χ1n) is 6.66. The predicted molar refractivity (Wildman–Crippen MR) is 90.6 cm³/mol. The molecular weight excluding hydrogens is 336 g/mol. The quantitative estimate of drug-likeness (QED) is 0.516. The molecule has 0 unspecified atom stereocenters. The summed E-state index contributed by atoms with van der Waals surface area (Å²) in [5.74, 6) is -0.0372. The lowest BCUT2D eigenvalue weighted by Gasteiger charge is -2.24. The van der Waals surface area contributed by atoms with Crippen LogP contribution in [0.2, 0.25) is 5.02 Å². The molecule has 0 radical (unpaired) electrons. The number of likely N-dealkylation sites (N-methyl/N-ethyl adjacent to an activating group) is 1. The molecule has 0 bridgehead atoms. The van der Waals surface area contributed by atoms with E-state index in [-0.39, 0.29) is 10.7 Å². The van der Waals surface area contributed by atoms with Crippen molar-refractivity contribution in [3.63, 3.8) is 0 Å². The largest absolute Gasteiger partial charge is 0.457 e. The highest BCUT2D eigenvalue weighted by atomic mass is 35.5. The van der Waals surface area contributed by atoms with Crippen molar-refractivity contribution in [1.82, 2.24) is 10.2 Å². The van der Waals surface area contributed by atoms with Crippen LogP contribution in [0.25, 0.3) is 17.4 Å². The molecule has 1 aromatic carbocycles. The van der Waals surface area contributed by atoms with Gasteiger partial charge in [-0.15, -0.1) is 0 Å². The molecule has 0 spiro atoms. The normalized spacial score (nSPS) is 16.9. The minimum absolute atomic E-state index is 0.0342. The molecule has 7 heteroatoms. The minimum atomic E-state index is -0.543. The van der Waals surface area contributed by atoms with Gasteiger partial charge >= 0.3 is 0 Å². The van der Waals surface area contributed by atoms with Crippen LogP contribution in [0.1, 0.15) is 5.76 Å². The van der Waals surface area contributed by atoms with Crippen molar-refractivity contribution >= 4 is 46.8 Å². The van der Waals surface area contributed by atoms with E-state index in [0.717, 1.165) is 5.56 Å². The maximum atomic E-state index is 12.1. The molecule has 1 aromatic heterocycles. The average Bonchev–Trinajstić information content (AvgIpc) is 2.98. The van der Waals surface area contributed by atoms with Crippen molar-refractivity contribution in [1.29, 1.82) is 0 Å². The predicted octanol–water partition coefficient (Wildman–Crippen LogP) is 2.86. The second-order valence-electron chi connectivity index (χ2n) is 4.89. The van der Waals surface area contributed by atoms with Crippen LogP contribution >= 0.6 is 23.8 Å². The van der Waals surface area contributed by atoms with Crippen molar-refractivity contribution < 1.29 is 14.0 Å². The first-order valence-corrected chi connectivity index (χ1v) is 7.45. The van der Waals surface area contributed by atoms with Gasteiger partial charge in [-0.1, -0.05) is 23.7 Å². The number of benzene rings is 1. The number of amides is 2. The van der Waals surface area contributed by atoms with E-state index in [4.69, 9.17) is 28.2 Å². The SMILES string of the molecule is CN1C(=O)/C(=C/c2ccc(-c3cccc(Cl)c3)o2)C(=O)NC1=S. The summed E-state index contributed by atoms with van der Waals surface area (Å²) in [6, 6.07) is 10.6. The maximum absolute atomic E-state index is 12.1. The number of nitrogens with zero attached hydrogens (tertiary/aromatic N) is 1. The summed E-state index contributed by atoms with van der Waals surface area (Å²) >= 11 is 10.8. The smallest absolute Gasteiger partial charge is 0.265 e. The van der Waals surface area contributed by atoms with Gasteiger partial charge in [0.05, 0.1) is 0 Å². The summed E-state index contributed by atoms with van der Waals surface area (Å²) in [5, 5.41) is 3.12. The van der Waals surface area contributed by atoms with E-state index < -0.39 is 11.8 Å². The zero-order valence-electron chi connectivity index (χ0n) is 12.0. The summed E-state index contributed by atoms with van der Waals surface area (Å²) in [6.45, 7) is 0. The zero-order chi connectivity index (χ0) is 16.6. The molecule has 0 aliphatic carbocycles. The van der Waals surface area contributed by atoms with Gasteiger partial charge in [-0.05, 0) is 42.6 Å². The van der Waals surface area contributed by atoms with Crippen molar-refractivity contribution in [2.75, 3.05) is 7.05 Å². The summed E-state index contributed by atoms with van der Waals surface area (Å²) in [5.41, 5.74) is 0.771. The van der Waals surface area contributed by atoms with Gasteiger partial charge in [-0.25, -0.2) is 0 Å². The van der Waals surface area contributed by atoms with E-state index in [1.807, 2.05) is 12.1 Å². The van der Waals surface area contributed by atoms with Crippen LogP contribution in [-0.4, -0.2) is 28.9 Å². The standard InChI is InChI=1S/C16H11ClN2O3S/c1-19-15(21)12(14(20)18-16(19)23)8-11-5-6-13(22-11)9-3-2-4-10(17)7-9/h2-8H,1H3,(H,18,20,23)/b12-8+. The van der Waals surface area contributed by atoms with E-state index in [2.05, 4.69) is 5.32 Å². The van der Waals surface area contributed by atoms with Gasteiger partial charge in [0.15, 0.2) is 5.11 Å². The molecule has 0 saturated carbocycles. The Kier molecular flexibility index (Phi) is 4.02. The number of halogens is 1. The van der Waals surface area contributed by atoms with Crippen molar-refractivity contribution in [2.24, 2.45) is 0 Å². The molecule has 1 N–H and O–H groups in total. The lowest BCUT2D eigenvalue weighted by Crippen LogP contribution is -2.52. The Balaban J connectivity index is 1.93. The van der Waals surface area contributed by atoms with E-state index >= 15 is 0 Å². The third kappa shape index (κ3) is 3.04. The molecule has 1 saturated heterocycles. The van der Waals surface area contributed by atoms with Crippen LogP contribution in [0.15, 0.2) is 46.4 Å². The fraction of sp³-hybridized carbons (Fsp3) is 0.0625. The molecule has 1 aliphatic heterocycles. The number of hydrogen-bond acceptors (Lipinski definition) is 4. The highest BCUT2D eigenvalue weighted by molar-refractivity contribution is 7.80. The molecule has 116 valence electrons. The summed E-state index contributed by atoms with van der Waals surface area (Å²) < 4.78 is 5.67. The third-order valence-corrected chi connectivity index (χ3v) is 3.94. The highest BCUT2D eigenvalue weighted by Gasteiger charge is 2.31. The summed E-state index contributed by atoms with van der Waals surface area (Å²) in [4.78, 5) is 25.2. The van der Waals surface area contributed by atoms with Crippen LogP contribution in [-0.2, 0) is 9.59 Å². The minimum Gasteiger partial charge on any atom is -0.457 e. The maximum Gasteiger partial charge on any atom is 0.265 e. The molecule has 0 atom stereocenters. The molecule has 1 fully saturated rings. The Labute approximate surface area is 142 Å². The zero-order valence-corrected chi connectivity index (χ0v) is 13.6. The Morgan fingerprint density at radius 2 is 2.04 bits per heavy atom. The summed E-state index contributed by atoms with van der Waals surface area (Å²) in [6.07, 6.45) is 1.39. The number of carbonyl (C=O) groups excluding carboxylic acids is 2. The molecule has 23 heavy (non-hydrogen) atoms. The van der Waals surface area contributed by atoms with E-state index in [1.165, 1.54) is 18.0 Å². The van der Waals surface area contributed by atoms with Crippen molar-refractivity contribution in [2.45, 2.75) is 0 Å². The molecule has 1 aliphatic rings. The van der Waals surface area contributed by atoms with E-state index in [0.29, 0.717) is 16.5 Å². The van der Waals surface area contributed by atoms with Gasteiger partial charge in [0, 0.05) is 17.6 Å². The van der Waals surface area contributed by atoms with Crippen molar-refractivity contribution in [3.05, 3.63) is 52.8 Å². The molecule has 2 aromatic rings. The Bertz CT molecular complexity index is 857. The lowest BCUT2D eigenvalue weighted by atomic mass is 10.1. The topological polar surface area (TPSA) is 62.6 Å². The van der Waals surface area contributed by atoms with E-state index in [9.17, 15) is 9.59 Å². The second kappa shape index (κ2) is 5.98. The first kappa shape index (κ1) is 15.5. The fourth-order valence-electron chi connectivity index (χ4n) is 2.12. The summed E-state index contributed by atoms with van der Waals surface area (Å²) in [7, 11) is 1.50. The lowest BCUT2D eigenvalue weighted by molar-refractivity contribution is -0.128. The van der Waals surface area contributed by atoms with Crippen LogP contribution in [0.3, 0.4) is 0 Å². The Hall–Kier alpha value is -2.44. The number of rotatable bonds is 2. The van der Waals surface area contributed by atoms with Crippen LogP contribution in [0.5, 0.6) is 0 Å². The monoisotopic (exact) mass is 346 g/mol. The first-order chi connectivity index (χ1) is 11.0. The van der Waals surface area contributed by atoms with E-state index in [1.54, 1.807) is 24.3 Å². The second-order valence-corrected chi connectivity index (χ2v) is 5.72. The fourth-order valence-corrected chi connectivity index (χ4v) is 2.48. The highest BCUT2D eigenvalue weighted by Crippen LogP contribution is 2.26. The van der Waals surface area contributed by atoms with Crippen molar-refractivity contribution in [3.8, 4) is 11.3 Å². The Morgan fingerprint density at radius 1 is 1.26 bits per heavy atom. The van der Waals surface area contributed by atoms with Gasteiger partial charge in [0.1, 0.15) is 17.1 Å². The number of carbonyl (C=O) groups is 2. The molecule has 5 nitrogen and oxygen atoms in total. The molecular formula is C16H11ClN2O3S. The third-order valence-electron chi connectivity index (χ3n) is 3.33. The number of thiocarbonyl (C=S) groups is 1. The number of furan rings is 1. The van der Waals surface area contributed by atoms with Gasteiger partial charge in [0.2, 0.25) is 0 Å². The van der Waals surface area contributed by atoms with Gasteiger partial charge in [-0.3, -0.25) is 19.8 Å². The van der Waals surface area contributed by atoms with Crippen LogP contribution in [0.4, 0.5) is 0 Å². The van der Waals surface area contributed by atoms with Gasteiger partial charge in [-0.2, -0.15) is 0 Å². The average molecular weight is 347 g/mol. The number of hydrogen-bond donors (Lipinski definition) is 1. The molecule has 2 amide bonds. The van der Waals surface area contributed by atoms with Gasteiger partial charge < -0.3 is 4.42 Å². The number of nitrogens with one attached hydrogen (secondary N) is 1. The van der Waals surface area contributed by atoms with Crippen LogP contribution < -0.4 is 5.32 Å².